The average Bonchev–Trinajstić information content (AvgIpc) is 3.38. The van der Waals surface area contributed by atoms with Gasteiger partial charge in [-0.3, -0.25) is 4.79 Å². The molecule has 2 N–H and O–H groups in total. The third-order valence-electron chi connectivity index (χ3n) is 10.1. The Kier molecular flexibility index (Phi) is 4.52. The summed E-state index contributed by atoms with van der Waals surface area (Å²) in [5.74, 6) is -0.709. The normalized spacial score (nSPS) is 43.3. The minimum atomic E-state index is -0.877. The number of hydrogen-bond acceptors (Lipinski definition) is 4. The van der Waals surface area contributed by atoms with E-state index in [1.165, 1.54) is 22.2 Å². The number of ketones is 1. The Hall–Kier alpha value is -1.95. The van der Waals surface area contributed by atoms with Crippen molar-refractivity contribution < 1.29 is 19.4 Å². The van der Waals surface area contributed by atoms with Crippen molar-refractivity contribution in [2.24, 2.45) is 17.3 Å². The molecule has 1 saturated heterocycles. The van der Waals surface area contributed by atoms with Gasteiger partial charge in [0.15, 0.2) is 17.7 Å². The Morgan fingerprint density at radius 1 is 1.09 bits per heavy atom. The predicted molar refractivity (Wildman–Crippen MR) is 132 cm³/mol. The molecule has 1 spiro atoms. The van der Waals surface area contributed by atoms with Gasteiger partial charge in [-0.15, -0.1) is 0 Å². The van der Waals surface area contributed by atoms with Crippen LogP contribution in [0.4, 0.5) is 0 Å². The largest absolute Gasteiger partial charge is 0.392 e. The molecule has 34 heavy (non-hydrogen) atoms. The molecule has 0 radical (unpaired) electrons. The molecule has 2 bridgehead atoms. The summed E-state index contributed by atoms with van der Waals surface area (Å²) >= 11 is 0. The molecule has 2 aliphatic heterocycles. The van der Waals surface area contributed by atoms with Gasteiger partial charge in [-0.05, 0) is 67.7 Å². The van der Waals surface area contributed by atoms with Crippen molar-refractivity contribution in [2.45, 2.75) is 96.2 Å². The fourth-order valence-corrected chi connectivity index (χ4v) is 8.43. The van der Waals surface area contributed by atoms with Crippen LogP contribution in [0.5, 0.6) is 0 Å². The Balaban J connectivity index is 0.00000106. The fraction of sp³-hybridized carbons (Fsp3) is 0.621. The van der Waals surface area contributed by atoms with Crippen molar-refractivity contribution in [1.29, 1.82) is 0 Å². The lowest BCUT2D eigenvalue weighted by Crippen LogP contribution is -2.64. The molecule has 1 aromatic heterocycles. The van der Waals surface area contributed by atoms with Gasteiger partial charge in [-0.1, -0.05) is 45.9 Å². The van der Waals surface area contributed by atoms with Crippen LogP contribution in [0.1, 0.15) is 72.1 Å². The molecule has 3 aliphatic carbocycles. The van der Waals surface area contributed by atoms with Crippen molar-refractivity contribution in [2.75, 3.05) is 0 Å². The number of carbonyl (C=O) groups excluding carboxylic acids is 1. The van der Waals surface area contributed by atoms with Crippen LogP contribution in [0.25, 0.3) is 10.9 Å². The van der Waals surface area contributed by atoms with E-state index in [4.69, 9.17) is 9.47 Å². The highest BCUT2D eigenvalue weighted by atomic mass is 16.8. The standard InChI is InChI=1S/C27H31NO4.C2H6/c1-24(2)23-20(30)13-17-21-19(29)12-14-11-16-15-7-5-6-8-18(15)28-22(16)26(14,4)25(21,3)9-10-27(17,31-23)32-24;1-2/h5-8,13-14,19,21,23,28-29H,9-12H2,1-4H3;1-2H3/t14?,19-,21?,23?,25?,26+,27?;/m0./s1. The van der Waals surface area contributed by atoms with Crippen LogP contribution in [0.2, 0.25) is 0 Å². The highest BCUT2D eigenvalue weighted by Gasteiger charge is 2.71. The quantitative estimate of drug-likeness (QED) is 0.563. The number of aliphatic hydroxyl groups is 1. The summed E-state index contributed by atoms with van der Waals surface area (Å²) in [6.07, 6.45) is 4.00. The molecule has 7 atom stereocenters. The Labute approximate surface area is 201 Å². The summed E-state index contributed by atoms with van der Waals surface area (Å²) in [6, 6.07) is 8.56. The predicted octanol–water partition coefficient (Wildman–Crippen LogP) is 5.20. The van der Waals surface area contributed by atoms with Gasteiger partial charge in [-0.2, -0.15) is 0 Å². The molecule has 5 heteroatoms. The Morgan fingerprint density at radius 3 is 2.59 bits per heavy atom. The summed E-state index contributed by atoms with van der Waals surface area (Å²) < 4.78 is 12.9. The summed E-state index contributed by atoms with van der Waals surface area (Å²) in [4.78, 5) is 16.8. The number of H-pyrrole nitrogens is 1. The number of rotatable bonds is 0. The van der Waals surface area contributed by atoms with Crippen LogP contribution < -0.4 is 0 Å². The van der Waals surface area contributed by atoms with Crippen LogP contribution in [0.3, 0.4) is 0 Å². The molecule has 2 aromatic rings. The van der Waals surface area contributed by atoms with Crippen molar-refractivity contribution in [3.63, 3.8) is 0 Å². The number of aromatic amines is 1. The van der Waals surface area contributed by atoms with Crippen LogP contribution in [0.15, 0.2) is 35.9 Å². The number of benzene rings is 1. The monoisotopic (exact) mass is 463 g/mol. The average molecular weight is 464 g/mol. The third-order valence-corrected chi connectivity index (χ3v) is 10.1. The lowest BCUT2D eigenvalue weighted by molar-refractivity contribution is -0.218. The van der Waals surface area contributed by atoms with E-state index in [2.05, 4.69) is 43.1 Å². The molecular formula is C29H37NO4. The first-order valence-electron chi connectivity index (χ1n) is 13.0. The van der Waals surface area contributed by atoms with E-state index in [1.54, 1.807) is 6.08 Å². The summed E-state index contributed by atoms with van der Waals surface area (Å²) in [6.45, 7) is 12.6. The second kappa shape index (κ2) is 6.83. The van der Waals surface area contributed by atoms with E-state index in [0.29, 0.717) is 12.3 Å². The van der Waals surface area contributed by atoms with Gasteiger partial charge >= 0.3 is 0 Å². The number of aromatic nitrogens is 1. The second-order valence-corrected chi connectivity index (χ2v) is 11.8. The highest BCUT2D eigenvalue weighted by Crippen LogP contribution is 2.70. The zero-order valence-corrected chi connectivity index (χ0v) is 21.2. The summed E-state index contributed by atoms with van der Waals surface area (Å²) in [5.41, 5.74) is 3.79. The van der Waals surface area contributed by atoms with Crippen LogP contribution in [-0.4, -0.2) is 39.5 Å². The van der Waals surface area contributed by atoms with E-state index in [-0.39, 0.29) is 22.5 Å². The Bertz CT molecular complexity index is 1230. The maximum absolute atomic E-state index is 13.1. The summed E-state index contributed by atoms with van der Waals surface area (Å²) in [5, 5.41) is 12.9. The lowest BCUT2D eigenvalue weighted by atomic mass is 9.43. The second-order valence-electron chi connectivity index (χ2n) is 11.8. The van der Waals surface area contributed by atoms with E-state index >= 15 is 0 Å². The number of ether oxygens (including phenoxy) is 2. The van der Waals surface area contributed by atoms with Crippen molar-refractivity contribution >= 4 is 16.7 Å². The fourth-order valence-electron chi connectivity index (χ4n) is 8.43. The molecular weight excluding hydrogens is 426 g/mol. The van der Waals surface area contributed by atoms with Crippen molar-refractivity contribution in [3.05, 3.63) is 47.2 Å². The van der Waals surface area contributed by atoms with Crippen LogP contribution in [-0.2, 0) is 26.1 Å². The molecule has 7 rings (SSSR count). The number of aliphatic hydroxyl groups excluding tert-OH is 1. The maximum atomic E-state index is 13.1. The van der Waals surface area contributed by atoms with Crippen molar-refractivity contribution in [1.82, 2.24) is 4.98 Å². The molecule has 2 saturated carbocycles. The maximum Gasteiger partial charge on any atom is 0.193 e. The van der Waals surface area contributed by atoms with Gasteiger partial charge in [0.1, 0.15) is 5.60 Å². The van der Waals surface area contributed by atoms with Gasteiger partial charge < -0.3 is 19.6 Å². The first kappa shape index (κ1) is 22.5. The molecule has 3 fully saturated rings. The van der Waals surface area contributed by atoms with Gasteiger partial charge in [0.2, 0.25) is 0 Å². The Morgan fingerprint density at radius 2 is 1.82 bits per heavy atom. The lowest BCUT2D eigenvalue weighted by Gasteiger charge is -2.63. The number of hydrogen-bond donors (Lipinski definition) is 2. The molecule has 1 aromatic carbocycles. The number of para-hydroxylation sites is 1. The number of fused-ring (bicyclic) bond motifs is 9. The zero-order valence-electron chi connectivity index (χ0n) is 21.2. The SMILES string of the molecule is CC.CC1(C)OC23CCC4(C)C(C2=CC(=O)C1O3)[C@@H](O)CC1Cc2c([nH]c3ccccc23)[C@@]14C. The van der Waals surface area contributed by atoms with Crippen molar-refractivity contribution in [3.8, 4) is 0 Å². The highest BCUT2D eigenvalue weighted by molar-refractivity contribution is 5.97. The first-order valence-corrected chi connectivity index (χ1v) is 13.0. The topological polar surface area (TPSA) is 71.6 Å². The molecule has 5 aliphatic rings. The molecule has 3 heterocycles. The number of nitrogens with one attached hydrogen (secondary N) is 1. The van der Waals surface area contributed by atoms with Crippen LogP contribution >= 0.6 is 0 Å². The smallest absolute Gasteiger partial charge is 0.193 e. The molecule has 5 nitrogen and oxygen atoms in total. The van der Waals surface area contributed by atoms with Crippen LogP contribution in [0, 0.1) is 17.3 Å². The van der Waals surface area contributed by atoms with Gasteiger partial charge in [-0.25, -0.2) is 0 Å². The van der Waals surface area contributed by atoms with Gasteiger partial charge in [0, 0.05) is 34.4 Å². The summed E-state index contributed by atoms with van der Waals surface area (Å²) in [7, 11) is 0. The molecule has 182 valence electrons. The number of carbonyl (C=O) groups is 1. The minimum Gasteiger partial charge on any atom is -0.392 e. The van der Waals surface area contributed by atoms with E-state index < -0.39 is 23.6 Å². The third kappa shape index (κ3) is 2.44. The first-order chi connectivity index (χ1) is 16.1. The zero-order chi connectivity index (χ0) is 24.3. The molecule has 5 unspecified atom stereocenters. The molecule has 0 amide bonds. The van der Waals surface area contributed by atoms with Gasteiger partial charge in [0.25, 0.3) is 0 Å². The van der Waals surface area contributed by atoms with E-state index in [1.807, 2.05) is 27.7 Å². The van der Waals surface area contributed by atoms with Gasteiger partial charge in [0.05, 0.1) is 6.10 Å². The minimum absolute atomic E-state index is 0.0282. The van der Waals surface area contributed by atoms with E-state index in [9.17, 15) is 9.90 Å². The van der Waals surface area contributed by atoms with E-state index in [0.717, 1.165) is 24.8 Å².